The van der Waals surface area contributed by atoms with Crippen molar-refractivity contribution in [2.45, 2.75) is 104 Å². The molecule has 1 unspecified atom stereocenters. The second kappa shape index (κ2) is 13.0. The minimum absolute atomic E-state index is 0.00753. The van der Waals surface area contributed by atoms with Crippen molar-refractivity contribution in [3.05, 3.63) is 94.0 Å². The molecule has 4 rings (SSSR count). The van der Waals surface area contributed by atoms with E-state index >= 15 is 0 Å². The van der Waals surface area contributed by atoms with Crippen molar-refractivity contribution in [1.82, 2.24) is 4.90 Å². The van der Waals surface area contributed by atoms with Gasteiger partial charge in [-0.15, -0.1) is 0 Å². The van der Waals surface area contributed by atoms with Crippen LogP contribution >= 0.6 is 8.58 Å². The number of ether oxygens (including phenoxy) is 1. The van der Waals surface area contributed by atoms with E-state index in [0.29, 0.717) is 15.2 Å². The van der Waals surface area contributed by atoms with Gasteiger partial charge in [0.25, 0.3) is 0 Å². The van der Waals surface area contributed by atoms with Crippen molar-refractivity contribution in [2.24, 2.45) is 0 Å². The van der Waals surface area contributed by atoms with Gasteiger partial charge < -0.3 is 4.74 Å². The van der Waals surface area contributed by atoms with Crippen molar-refractivity contribution in [3.8, 4) is 5.75 Å². The molecule has 0 aromatic heterocycles. The Kier molecular flexibility index (Phi) is 9.95. The summed E-state index contributed by atoms with van der Waals surface area (Å²) in [6, 6.07) is 22.6. The summed E-state index contributed by atoms with van der Waals surface area (Å²) in [6.07, 6.45) is 6.22. The fraction of sp³-hybridized carbons (Fsp3) is 0.500. The number of nitrogens with zero attached hydrogens (tertiary/aromatic N) is 1. The van der Waals surface area contributed by atoms with Gasteiger partial charge in [0.05, 0.1) is 0 Å². The highest BCUT2D eigenvalue weighted by molar-refractivity contribution is 7.48. The summed E-state index contributed by atoms with van der Waals surface area (Å²) >= 11 is 0. The lowest BCUT2D eigenvalue weighted by atomic mass is 9.80. The van der Waals surface area contributed by atoms with Crippen LogP contribution in [0, 0.1) is 13.8 Å². The quantitative estimate of drug-likeness (QED) is 0.236. The molecule has 1 fully saturated rings. The van der Waals surface area contributed by atoms with Crippen LogP contribution in [0.3, 0.4) is 0 Å². The third kappa shape index (κ3) is 7.33. The molecule has 3 aromatic carbocycles. The fourth-order valence-electron chi connectivity index (χ4n) is 6.04. The number of aryl methyl sites for hydroxylation is 2. The normalized spacial score (nSPS) is 15.3. The molecule has 0 radical (unpaired) electrons. The molecule has 0 spiro atoms. The van der Waals surface area contributed by atoms with Gasteiger partial charge in [-0.2, -0.15) is 0 Å². The van der Waals surface area contributed by atoms with Gasteiger partial charge in [-0.1, -0.05) is 121 Å². The standard InChI is InChI=1S/C36H50NOP/c1-8-36(9-2,39-33-19-18-27(3)22-30(33)25-37-20-14-11-15-21-37)32-24-28(4)23-31(35(5,6)7)34(32)38-26-29-16-12-10-13-17-29/h10,12-13,16-19,22-24,39H,8-9,11,14-15,20-21,25-26H2,1-7H3. The van der Waals surface area contributed by atoms with Crippen molar-refractivity contribution in [2.75, 3.05) is 13.1 Å². The molecule has 0 N–H and O–H groups in total. The molecule has 1 aliphatic heterocycles. The van der Waals surface area contributed by atoms with Gasteiger partial charge in [0, 0.05) is 22.8 Å². The lowest BCUT2D eigenvalue weighted by molar-refractivity contribution is 0.221. The molecule has 1 heterocycles. The van der Waals surface area contributed by atoms with E-state index in [1.807, 2.05) is 0 Å². The van der Waals surface area contributed by atoms with E-state index in [2.05, 4.69) is 114 Å². The Morgan fingerprint density at radius 3 is 2.10 bits per heavy atom. The number of rotatable bonds is 10. The highest BCUT2D eigenvalue weighted by Gasteiger charge is 2.36. The SMILES string of the molecule is CCC(CC)(Pc1ccc(C)cc1CN1CCCCC1)c1cc(C)cc(C(C)(C)C)c1OCc1ccccc1. The molecule has 1 saturated heterocycles. The smallest absolute Gasteiger partial charge is 0.127 e. The lowest BCUT2D eigenvalue weighted by Crippen LogP contribution is -2.31. The van der Waals surface area contributed by atoms with E-state index in [0.717, 1.165) is 25.1 Å². The predicted molar refractivity (Wildman–Crippen MR) is 171 cm³/mol. The summed E-state index contributed by atoms with van der Waals surface area (Å²) in [5.41, 5.74) is 8.15. The number of hydrogen-bond acceptors (Lipinski definition) is 2. The minimum atomic E-state index is -0.00753. The summed E-state index contributed by atoms with van der Waals surface area (Å²) < 4.78 is 6.85. The summed E-state index contributed by atoms with van der Waals surface area (Å²) in [5.74, 6) is 1.11. The molecule has 210 valence electrons. The van der Waals surface area contributed by atoms with Crippen LogP contribution in [0.25, 0.3) is 0 Å². The summed E-state index contributed by atoms with van der Waals surface area (Å²) in [5, 5.41) is 1.56. The van der Waals surface area contributed by atoms with Gasteiger partial charge in [-0.05, 0) is 74.5 Å². The largest absolute Gasteiger partial charge is 0.488 e. The maximum absolute atomic E-state index is 6.85. The summed E-state index contributed by atoms with van der Waals surface area (Å²) in [4.78, 5) is 2.67. The highest BCUT2D eigenvalue weighted by Crippen LogP contribution is 2.53. The first-order valence-electron chi connectivity index (χ1n) is 15.1. The summed E-state index contributed by atoms with van der Waals surface area (Å²) in [6.45, 7) is 20.4. The molecule has 3 aromatic rings. The average Bonchev–Trinajstić information content (AvgIpc) is 2.92. The zero-order chi connectivity index (χ0) is 28.0. The van der Waals surface area contributed by atoms with E-state index in [1.54, 1.807) is 0 Å². The number of likely N-dealkylation sites (tertiary alicyclic amines) is 1. The number of benzene rings is 3. The molecule has 0 amide bonds. The van der Waals surface area contributed by atoms with Crippen LogP contribution in [0.2, 0.25) is 0 Å². The highest BCUT2D eigenvalue weighted by atomic mass is 31.1. The minimum Gasteiger partial charge on any atom is -0.488 e. The van der Waals surface area contributed by atoms with Crippen LogP contribution in [0.1, 0.15) is 100 Å². The molecular weight excluding hydrogens is 493 g/mol. The first kappa shape index (κ1) is 29.8. The maximum Gasteiger partial charge on any atom is 0.127 e. The number of hydrogen-bond donors (Lipinski definition) is 0. The van der Waals surface area contributed by atoms with E-state index < -0.39 is 0 Å². The van der Waals surface area contributed by atoms with Gasteiger partial charge >= 0.3 is 0 Å². The van der Waals surface area contributed by atoms with Crippen LogP contribution in [0.5, 0.6) is 5.75 Å². The molecular formula is C36H50NOP. The molecule has 0 bridgehead atoms. The van der Waals surface area contributed by atoms with Gasteiger partial charge in [-0.25, -0.2) is 0 Å². The lowest BCUT2D eigenvalue weighted by Gasteiger charge is -2.37. The topological polar surface area (TPSA) is 12.5 Å². The Labute approximate surface area is 240 Å². The fourth-order valence-corrected chi connectivity index (χ4v) is 7.71. The average molecular weight is 544 g/mol. The van der Waals surface area contributed by atoms with Crippen LogP contribution in [-0.2, 0) is 23.7 Å². The third-order valence-corrected chi connectivity index (χ3v) is 10.7. The summed E-state index contributed by atoms with van der Waals surface area (Å²) in [7, 11) is 0.696. The van der Waals surface area contributed by atoms with Gasteiger partial charge in [0.2, 0.25) is 0 Å². The van der Waals surface area contributed by atoms with E-state index in [-0.39, 0.29) is 10.6 Å². The van der Waals surface area contributed by atoms with Crippen molar-refractivity contribution < 1.29 is 4.74 Å². The molecule has 0 saturated carbocycles. The van der Waals surface area contributed by atoms with Gasteiger partial charge in [-0.3, -0.25) is 4.90 Å². The van der Waals surface area contributed by atoms with Crippen molar-refractivity contribution >= 4 is 13.9 Å². The van der Waals surface area contributed by atoms with E-state index in [4.69, 9.17) is 4.74 Å². The second-order valence-electron chi connectivity index (χ2n) is 12.6. The third-order valence-electron chi connectivity index (χ3n) is 8.47. The van der Waals surface area contributed by atoms with Crippen LogP contribution in [0.4, 0.5) is 0 Å². The van der Waals surface area contributed by atoms with Crippen molar-refractivity contribution in [1.29, 1.82) is 0 Å². The molecule has 0 aliphatic carbocycles. The molecule has 39 heavy (non-hydrogen) atoms. The van der Waals surface area contributed by atoms with E-state index in [1.165, 1.54) is 71.0 Å². The molecule has 2 nitrogen and oxygen atoms in total. The molecule has 3 heteroatoms. The van der Waals surface area contributed by atoms with E-state index in [9.17, 15) is 0 Å². The first-order chi connectivity index (χ1) is 18.6. The zero-order valence-electron chi connectivity index (χ0n) is 25.5. The van der Waals surface area contributed by atoms with Gasteiger partial charge in [0.1, 0.15) is 12.4 Å². The number of piperidine rings is 1. The first-order valence-corrected chi connectivity index (χ1v) is 16.1. The maximum atomic E-state index is 6.85. The zero-order valence-corrected chi connectivity index (χ0v) is 26.5. The Morgan fingerprint density at radius 1 is 0.795 bits per heavy atom. The Hall–Kier alpha value is -2.15. The predicted octanol–water partition coefficient (Wildman–Crippen LogP) is 9.19. The van der Waals surface area contributed by atoms with Crippen LogP contribution < -0.4 is 10.0 Å². The monoisotopic (exact) mass is 543 g/mol. The second-order valence-corrected chi connectivity index (χ2v) is 14.4. The molecule has 1 aliphatic rings. The Balaban J connectivity index is 1.79. The Bertz CT molecular complexity index is 1220. The van der Waals surface area contributed by atoms with Gasteiger partial charge in [0.15, 0.2) is 0 Å². The van der Waals surface area contributed by atoms with Crippen LogP contribution in [0.15, 0.2) is 60.7 Å². The van der Waals surface area contributed by atoms with Crippen LogP contribution in [-0.4, -0.2) is 18.0 Å². The van der Waals surface area contributed by atoms with Crippen molar-refractivity contribution in [3.63, 3.8) is 0 Å². The molecule has 1 atom stereocenters. The Morgan fingerprint density at radius 2 is 1.46 bits per heavy atom.